The molecule has 0 radical (unpaired) electrons. The van der Waals surface area contributed by atoms with Crippen molar-refractivity contribution < 1.29 is 14.4 Å². The van der Waals surface area contributed by atoms with Crippen molar-refractivity contribution in [2.24, 2.45) is 0 Å². The Hall–Kier alpha value is -2.86. The normalized spacial score (nSPS) is 14.4. The van der Waals surface area contributed by atoms with Crippen molar-refractivity contribution in [3.05, 3.63) is 64.7 Å². The Morgan fingerprint density at radius 3 is 2.33 bits per heavy atom. The van der Waals surface area contributed by atoms with Gasteiger partial charge in [0.25, 0.3) is 0 Å². The molecule has 0 spiro atoms. The van der Waals surface area contributed by atoms with Gasteiger partial charge < -0.3 is 15.1 Å². The van der Waals surface area contributed by atoms with E-state index in [0.717, 1.165) is 11.1 Å². The molecule has 7 heteroatoms. The van der Waals surface area contributed by atoms with E-state index < -0.39 is 17.7 Å². The Balaban J connectivity index is 1.57. The van der Waals surface area contributed by atoms with Crippen molar-refractivity contribution in [3.8, 4) is 0 Å². The van der Waals surface area contributed by atoms with Gasteiger partial charge in [0, 0.05) is 19.6 Å². The van der Waals surface area contributed by atoms with Crippen molar-refractivity contribution in [2.75, 3.05) is 25.0 Å². The van der Waals surface area contributed by atoms with E-state index in [4.69, 9.17) is 11.6 Å². The number of hydrogen-bond donors (Lipinski definition) is 1. The minimum Gasteiger partial charge on any atom is -0.328 e. The van der Waals surface area contributed by atoms with Gasteiger partial charge >= 0.3 is 11.8 Å². The number of carbonyl (C=O) groups excluding carboxylic acids is 3. The van der Waals surface area contributed by atoms with Gasteiger partial charge in [-0.05, 0) is 24.6 Å². The zero-order valence-corrected chi connectivity index (χ0v) is 15.7. The van der Waals surface area contributed by atoms with Crippen LogP contribution in [0.5, 0.6) is 0 Å². The number of benzene rings is 2. The standard InChI is InChI=1S/C20H20ClN3O3/c1-14-6-8-15(9-7-14)12-23-10-11-24(20(27)19(23)26)13-18(25)22-17-5-3-2-4-16(17)21/h2-9H,10-13H2,1H3,(H,22,25). The van der Waals surface area contributed by atoms with E-state index in [-0.39, 0.29) is 6.54 Å². The molecular weight excluding hydrogens is 366 g/mol. The number of piperazine rings is 1. The molecule has 0 bridgehead atoms. The summed E-state index contributed by atoms with van der Waals surface area (Å²) in [5.41, 5.74) is 2.57. The summed E-state index contributed by atoms with van der Waals surface area (Å²) in [6.07, 6.45) is 0. The van der Waals surface area contributed by atoms with Crippen LogP contribution in [0.4, 0.5) is 5.69 Å². The molecule has 140 valence electrons. The summed E-state index contributed by atoms with van der Waals surface area (Å²) >= 11 is 6.01. The second kappa shape index (κ2) is 8.22. The fourth-order valence-corrected chi connectivity index (χ4v) is 3.04. The number of nitrogens with zero attached hydrogens (tertiary/aromatic N) is 2. The molecule has 3 rings (SSSR count). The minimum atomic E-state index is -0.664. The first-order valence-electron chi connectivity index (χ1n) is 8.62. The summed E-state index contributed by atoms with van der Waals surface area (Å²) in [6, 6.07) is 14.7. The van der Waals surface area contributed by atoms with Gasteiger partial charge in [0.1, 0.15) is 6.54 Å². The van der Waals surface area contributed by atoms with Crippen molar-refractivity contribution >= 4 is 35.0 Å². The molecule has 2 aromatic carbocycles. The van der Waals surface area contributed by atoms with Crippen LogP contribution in [0.25, 0.3) is 0 Å². The van der Waals surface area contributed by atoms with Crippen molar-refractivity contribution in [3.63, 3.8) is 0 Å². The van der Waals surface area contributed by atoms with Crippen LogP contribution < -0.4 is 5.32 Å². The van der Waals surface area contributed by atoms with Gasteiger partial charge in [-0.2, -0.15) is 0 Å². The first-order chi connectivity index (χ1) is 12.9. The molecule has 1 N–H and O–H groups in total. The number of carbonyl (C=O) groups is 3. The number of halogens is 1. The summed E-state index contributed by atoms with van der Waals surface area (Å²) in [7, 11) is 0. The van der Waals surface area contributed by atoms with Gasteiger partial charge in [0.2, 0.25) is 5.91 Å². The molecule has 1 aliphatic rings. The van der Waals surface area contributed by atoms with E-state index in [9.17, 15) is 14.4 Å². The van der Waals surface area contributed by atoms with E-state index in [1.165, 1.54) is 9.80 Å². The molecule has 0 aromatic heterocycles. The number of anilines is 1. The van der Waals surface area contributed by atoms with Gasteiger partial charge in [-0.1, -0.05) is 53.6 Å². The predicted molar refractivity (Wildman–Crippen MR) is 103 cm³/mol. The Morgan fingerprint density at radius 1 is 1.00 bits per heavy atom. The molecule has 3 amide bonds. The summed E-state index contributed by atoms with van der Waals surface area (Å²) in [4.78, 5) is 39.7. The third-order valence-corrected chi connectivity index (χ3v) is 4.70. The minimum absolute atomic E-state index is 0.186. The van der Waals surface area contributed by atoms with Crippen LogP contribution in [0.2, 0.25) is 5.02 Å². The van der Waals surface area contributed by atoms with E-state index in [1.807, 2.05) is 31.2 Å². The van der Waals surface area contributed by atoms with Crippen molar-refractivity contribution in [1.82, 2.24) is 9.80 Å². The molecule has 0 unspecified atom stereocenters. The maximum absolute atomic E-state index is 12.4. The Kier molecular flexibility index (Phi) is 5.76. The van der Waals surface area contributed by atoms with Crippen LogP contribution in [0.15, 0.2) is 48.5 Å². The van der Waals surface area contributed by atoms with E-state index in [1.54, 1.807) is 24.3 Å². The zero-order valence-electron chi connectivity index (χ0n) is 14.9. The first-order valence-corrected chi connectivity index (χ1v) is 9.00. The van der Waals surface area contributed by atoms with Gasteiger partial charge in [0.05, 0.1) is 10.7 Å². The molecule has 6 nitrogen and oxygen atoms in total. The number of aryl methyl sites for hydroxylation is 1. The largest absolute Gasteiger partial charge is 0.328 e. The van der Waals surface area contributed by atoms with Crippen molar-refractivity contribution in [2.45, 2.75) is 13.5 Å². The quantitative estimate of drug-likeness (QED) is 0.804. The fraction of sp³-hybridized carbons (Fsp3) is 0.250. The van der Waals surface area contributed by atoms with Crippen LogP contribution in [0, 0.1) is 6.92 Å². The molecule has 1 aliphatic heterocycles. The summed E-state index contributed by atoms with van der Waals surface area (Å²) in [5.74, 6) is -1.65. The van der Waals surface area contributed by atoms with Crippen LogP contribution in [-0.2, 0) is 20.9 Å². The van der Waals surface area contributed by atoms with Crippen molar-refractivity contribution in [1.29, 1.82) is 0 Å². The molecule has 0 saturated carbocycles. The van der Waals surface area contributed by atoms with Gasteiger partial charge in [-0.25, -0.2) is 0 Å². The fourth-order valence-electron chi connectivity index (χ4n) is 2.86. The third-order valence-electron chi connectivity index (χ3n) is 4.37. The average Bonchev–Trinajstić information content (AvgIpc) is 2.65. The van der Waals surface area contributed by atoms with Crippen LogP contribution in [0.3, 0.4) is 0 Å². The highest BCUT2D eigenvalue weighted by Crippen LogP contribution is 2.20. The third kappa shape index (κ3) is 4.65. The maximum atomic E-state index is 12.4. The highest BCUT2D eigenvalue weighted by molar-refractivity contribution is 6.36. The Bertz CT molecular complexity index is 867. The molecule has 2 aromatic rings. The lowest BCUT2D eigenvalue weighted by atomic mass is 10.1. The lowest BCUT2D eigenvalue weighted by Crippen LogP contribution is -2.55. The lowest BCUT2D eigenvalue weighted by Gasteiger charge is -2.33. The molecule has 0 atom stereocenters. The van der Waals surface area contributed by atoms with E-state index >= 15 is 0 Å². The molecule has 1 fully saturated rings. The smallest absolute Gasteiger partial charge is 0.312 e. The number of hydrogen-bond acceptors (Lipinski definition) is 3. The first kappa shape index (κ1) is 18.9. The Labute approximate surface area is 162 Å². The molecule has 1 saturated heterocycles. The number of rotatable bonds is 5. The maximum Gasteiger partial charge on any atom is 0.312 e. The van der Waals surface area contributed by atoms with Crippen LogP contribution in [0.1, 0.15) is 11.1 Å². The zero-order chi connectivity index (χ0) is 19.4. The lowest BCUT2D eigenvalue weighted by molar-refractivity contribution is -0.157. The number of amides is 3. The highest BCUT2D eigenvalue weighted by Gasteiger charge is 2.33. The molecule has 0 aliphatic carbocycles. The summed E-state index contributed by atoms with van der Waals surface area (Å²) in [5, 5.41) is 3.07. The molecular formula is C20H20ClN3O3. The molecule has 27 heavy (non-hydrogen) atoms. The SMILES string of the molecule is Cc1ccc(CN2CCN(CC(=O)Nc3ccccc3Cl)C(=O)C2=O)cc1. The van der Waals surface area contributed by atoms with E-state index in [2.05, 4.69) is 5.32 Å². The predicted octanol–water partition coefficient (Wildman–Crippen LogP) is 2.46. The Morgan fingerprint density at radius 2 is 1.63 bits per heavy atom. The topological polar surface area (TPSA) is 69.7 Å². The summed E-state index contributed by atoms with van der Waals surface area (Å²) in [6.45, 7) is 2.88. The number of para-hydroxylation sites is 1. The highest BCUT2D eigenvalue weighted by atomic mass is 35.5. The van der Waals surface area contributed by atoms with Gasteiger partial charge in [0.15, 0.2) is 0 Å². The molecule has 1 heterocycles. The van der Waals surface area contributed by atoms with Crippen LogP contribution in [-0.4, -0.2) is 47.2 Å². The number of nitrogens with one attached hydrogen (secondary N) is 1. The van der Waals surface area contributed by atoms with Crippen LogP contribution >= 0.6 is 11.6 Å². The second-order valence-electron chi connectivity index (χ2n) is 6.47. The second-order valence-corrected chi connectivity index (χ2v) is 6.87. The van der Waals surface area contributed by atoms with Gasteiger partial charge in [-0.15, -0.1) is 0 Å². The monoisotopic (exact) mass is 385 g/mol. The van der Waals surface area contributed by atoms with Gasteiger partial charge in [-0.3, -0.25) is 14.4 Å². The summed E-state index contributed by atoms with van der Waals surface area (Å²) < 4.78 is 0. The van der Waals surface area contributed by atoms with E-state index in [0.29, 0.717) is 30.3 Å². The average molecular weight is 386 g/mol.